The summed E-state index contributed by atoms with van der Waals surface area (Å²) in [6.45, 7) is 1.99. The van der Waals surface area contributed by atoms with Crippen molar-refractivity contribution in [3.63, 3.8) is 0 Å². The second-order valence-electron chi connectivity index (χ2n) is 3.62. The first-order valence-corrected chi connectivity index (χ1v) is 6.68. The van der Waals surface area contributed by atoms with Crippen molar-refractivity contribution in [2.45, 2.75) is 13.0 Å². The minimum atomic E-state index is 0.0250. The van der Waals surface area contributed by atoms with Crippen molar-refractivity contribution in [1.29, 1.82) is 0 Å². The molecule has 0 spiro atoms. The molecule has 0 radical (unpaired) electrons. The lowest BCUT2D eigenvalue weighted by Gasteiger charge is -2.14. The fraction of sp³-hybridized carbons (Fsp3) is 0.182. The fourth-order valence-corrected chi connectivity index (χ4v) is 2.22. The Balaban J connectivity index is 2.18. The van der Waals surface area contributed by atoms with Crippen LogP contribution >= 0.6 is 39.1 Å². The lowest BCUT2D eigenvalue weighted by atomic mass is 10.1. The largest absolute Gasteiger partial charge is 0.348 e. The van der Waals surface area contributed by atoms with E-state index in [1.807, 2.05) is 31.2 Å². The van der Waals surface area contributed by atoms with Gasteiger partial charge in [-0.25, -0.2) is 0 Å². The first kappa shape index (κ1) is 13.5. The molecule has 1 N–H and O–H groups in total. The predicted molar refractivity (Wildman–Crippen MR) is 76.0 cm³/mol. The molecule has 1 atom stereocenters. The molecule has 1 aromatic carbocycles. The Morgan fingerprint density at radius 2 is 1.83 bits per heavy atom. The summed E-state index contributed by atoms with van der Waals surface area (Å²) in [4.78, 5) is 11.6. The Kier molecular flexibility index (Phi) is 4.37. The lowest BCUT2D eigenvalue weighted by molar-refractivity contribution is 0.852. The van der Waals surface area contributed by atoms with E-state index in [0.29, 0.717) is 5.95 Å². The molecule has 1 aromatic heterocycles. The van der Waals surface area contributed by atoms with Crippen molar-refractivity contribution in [1.82, 2.24) is 15.0 Å². The van der Waals surface area contributed by atoms with Crippen molar-refractivity contribution in [3.8, 4) is 0 Å². The maximum absolute atomic E-state index is 5.71. The van der Waals surface area contributed by atoms with Gasteiger partial charge in [0, 0.05) is 4.47 Å². The summed E-state index contributed by atoms with van der Waals surface area (Å²) in [5.74, 6) is 0.354. The van der Waals surface area contributed by atoms with Crippen LogP contribution < -0.4 is 5.32 Å². The third-order valence-corrected chi connectivity index (χ3v) is 3.11. The van der Waals surface area contributed by atoms with Crippen LogP contribution in [0.3, 0.4) is 0 Å². The van der Waals surface area contributed by atoms with Gasteiger partial charge in [0.15, 0.2) is 0 Å². The number of nitrogens with one attached hydrogen (secondary N) is 1. The number of anilines is 1. The van der Waals surface area contributed by atoms with Crippen LogP contribution in [-0.4, -0.2) is 15.0 Å². The number of hydrogen-bond donors (Lipinski definition) is 1. The summed E-state index contributed by atoms with van der Waals surface area (Å²) >= 11 is 14.8. The molecule has 18 heavy (non-hydrogen) atoms. The van der Waals surface area contributed by atoms with Crippen LogP contribution in [0.15, 0.2) is 28.7 Å². The van der Waals surface area contributed by atoms with Gasteiger partial charge in [0.25, 0.3) is 0 Å². The number of halogens is 3. The molecule has 94 valence electrons. The monoisotopic (exact) mass is 346 g/mol. The predicted octanol–water partition coefficient (Wildman–Crippen LogP) is 4.11. The van der Waals surface area contributed by atoms with E-state index in [1.54, 1.807) is 0 Å². The van der Waals surface area contributed by atoms with Crippen molar-refractivity contribution >= 4 is 45.1 Å². The normalized spacial score (nSPS) is 12.2. The van der Waals surface area contributed by atoms with E-state index in [9.17, 15) is 0 Å². The van der Waals surface area contributed by atoms with Crippen LogP contribution in [-0.2, 0) is 0 Å². The molecule has 0 aliphatic rings. The maximum atomic E-state index is 5.71. The third-order valence-electron chi connectivity index (χ3n) is 2.28. The highest BCUT2D eigenvalue weighted by Crippen LogP contribution is 2.21. The van der Waals surface area contributed by atoms with Gasteiger partial charge in [-0.05, 0) is 47.8 Å². The van der Waals surface area contributed by atoms with Crippen molar-refractivity contribution < 1.29 is 0 Å². The van der Waals surface area contributed by atoms with Gasteiger partial charge in [0.2, 0.25) is 16.5 Å². The standard InChI is InChI=1S/C11H9BrCl2N4/c1-6(7-3-2-4-8(12)5-7)15-11-17-9(13)16-10(14)18-11/h2-6H,1H3,(H,15,16,17,18). The molecule has 0 amide bonds. The second kappa shape index (κ2) is 5.82. The van der Waals surface area contributed by atoms with Crippen molar-refractivity contribution in [2.75, 3.05) is 5.32 Å². The molecular formula is C11H9BrCl2N4. The SMILES string of the molecule is CC(Nc1nc(Cl)nc(Cl)n1)c1cccc(Br)c1. The highest BCUT2D eigenvalue weighted by molar-refractivity contribution is 9.10. The molecule has 2 rings (SSSR count). The average Bonchev–Trinajstić information content (AvgIpc) is 2.27. The Hall–Kier alpha value is -0.910. The Morgan fingerprint density at radius 1 is 1.17 bits per heavy atom. The third kappa shape index (κ3) is 3.54. The zero-order valence-electron chi connectivity index (χ0n) is 9.36. The van der Waals surface area contributed by atoms with E-state index in [1.165, 1.54) is 0 Å². The minimum absolute atomic E-state index is 0.0250. The van der Waals surface area contributed by atoms with Gasteiger partial charge in [-0.3, -0.25) is 0 Å². The van der Waals surface area contributed by atoms with Crippen LogP contribution in [0.5, 0.6) is 0 Å². The molecule has 2 aromatic rings. The van der Waals surface area contributed by atoms with Crippen LogP contribution in [0.4, 0.5) is 5.95 Å². The number of rotatable bonds is 3. The van der Waals surface area contributed by atoms with Crippen LogP contribution in [0.25, 0.3) is 0 Å². The van der Waals surface area contributed by atoms with Gasteiger partial charge in [0.1, 0.15) is 0 Å². The second-order valence-corrected chi connectivity index (χ2v) is 5.21. The summed E-state index contributed by atoms with van der Waals surface area (Å²) in [5, 5.41) is 3.25. The summed E-state index contributed by atoms with van der Waals surface area (Å²) < 4.78 is 1.01. The summed E-state index contributed by atoms with van der Waals surface area (Å²) in [7, 11) is 0. The molecule has 1 heterocycles. The zero-order valence-corrected chi connectivity index (χ0v) is 12.5. The molecule has 4 nitrogen and oxygen atoms in total. The van der Waals surface area contributed by atoms with Crippen LogP contribution in [0.1, 0.15) is 18.5 Å². The first-order valence-electron chi connectivity index (χ1n) is 5.13. The van der Waals surface area contributed by atoms with Gasteiger partial charge >= 0.3 is 0 Å². The quantitative estimate of drug-likeness (QED) is 0.907. The molecule has 0 saturated heterocycles. The highest BCUT2D eigenvalue weighted by atomic mass is 79.9. The van der Waals surface area contributed by atoms with E-state index in [2.05, 4.69) is 36.2 Å². The van der Waals surface area contributed by atoms with Gasteiger partial charge in [-0.15, -0.1) is 0 Å². The first-order chi connectivity index (χ1) is 8.54. The lowest BCUT2D eigenvalue weighted by Crippen LogP contribution is -2.10. The van der Waals surface area contributed by atoms with Gasteiger partial charge in [-0.2, -0.15) is 15.0 Å². The van der Waals surface area contributed by atoms with Crippen molar-refractivity contribution in [2.24, 2.45) is 0 Å². The Labute approximate surface area is 123 Å². The van der Waals surface area contributed by atoms with Gasteiger partial charge in [0.05, 0.1) is 6.04 Å². The number of benzene rings is 1. The number of aromatic nitrogens is 3. The topological polar surface area (TPSA) is 50.7 Å². The molecule has 0 saturated carbocycles. The minimum Gasteiger partial charge on any atom is -0.348 e. The summed E-state index contributed by atoms with van der Waals surface area (Å²) in [6, 6.07) is 7.98. The highest BCUT2D eigenvalue weighted by Gasteiger charge is 2.09. The van der Waals surface area contributed by atoms with E-state index in [-0.39, 0.29) is 16.6 Å². The van der Waals surface area contributed by atoms with E-state index in [0.717, 1.165) is 10.0 Å². The maximum Gasteiger partial charge on any atom is 0.228 e. The molecule has 1 unspecified atom stereocenters. The number of nitrogens with zero attached hydrogens (tertiary/aromatic N) is 3. The molecule has 0 bridgehead atoms. The Bertz CT molecular complexity index is 544. The molecule has 0 fully saturated rings. The summed E-state index contributed by atoms with van der Waals surface area (Å²) in [6.07, 6.45) is 0. The molecule has 7 heteroatoms. The average molecular weight is 348 g/mol. The zero-order chi connectivity index (χ0) is 13.1. The fourth-order valence-electron chi connectivity index (χ4n) is 1.44. The van der Waals surface area contributed by atoms with Gasteiger partial charge < -0.3 is 5.32 Å². The van der Waals surface area contributed by atoms with Gasteiger partial charge in [-0.1, -0.05) is 28.1 Å². The van der Waals surface area contributed by atoms with Crippen LogP contribution in [0.2, 0.25) is 10.6 Å². The summed E-state index contributed by atoms with van der Waals surface area (Å²) in [5.41, 5.74) is 1.09. The molecule has 0 aliphatic heterocycles. The van der Waals surface area contributed by atoms with Crippen molar-refractivity contribution in [3.05, 3.63) is 44.9 Å². The van der Waals surface area contributed by atoms with E-state index in [4.69, 9.17) is 23.2 Å². The molecular weight excluding hydrogens is 339 g/mol. The number of hydrogen-bond acceptors (Lipinski definition) is 4. The smallest absolute Gasteiger partial charge is 0.228 e. The van der Waals surface area contributed by atoms with Crippen LogP contribution in [0, 0.1) is 0 Å². The van der Waals surface area contributed by atoms with E-state index < -0.39 is 0 Å². The molecule has 0 aliphatic carbocycles. The Morgan fingerprint density at radius 3 is 2.44 bits per heavy atom. The van der Waals surface area contributed by atoms with E-state index >= 15 is 0 Å².